The molecule has 0 bridgehead atoms. The molecule has 2 fully saturated rings. The summed E-state index contributed by atoms with van der Waals surface area (Å²) in [5.74, 6) is 0.983. The number of para-hydroxylation sites is 1. The van der Waals surface area contributed by atoms with Gasteiger partial charge < -0.3 is 10.2 Å². The first-order valence-corrected chi connectivity index (χ1v) is 10.3. The normalized spacial score (nSPS) is 18.6. The molecule has 7 heteroatoms. The maximum absolute atomic E-state index is 12.5. The predicted molar refractivity (Wildman–Crippen MR) is 105 cm³/mol. The molecule has 0 spiro atoms. The van der Waals surface area contributed by atoms with Crippen LogP contribution >= 0.6 is 11.8 Å². The minimum absolute atomic E-state index is 0.00827. The first kappa shape index (κ1) is 17.4. The van der Waals surface area contributed by atoms with Gasteiger partial charge in [-0.1, -0.05) is 30.0 Å². The van der Waals surface area contributed by atoms with Crippen molar-refractivity contribution in [2.75, 3.05) is 23.3 Å². The molecule has 1 aliphatic carbocycles. The van der Waals surface area contributed by atoms with Gasteiger partial charge in [0.15, 0.2) is 5.16 Å². The number of hydrogen-bond donors (Lipinski definition) is 1. The zero-order chi connectivity index (χ0) is 17.9. The van der Waals surface area contributed by atoms with Gasteiger partial charge in [0.2, 0.25) is 11.9 Å². The van der Waals surface area contributed by atoms with Crippen molar-refractivity contribution in [1.82, 2.24) is 14.8 Å². The molecule has 4 rings (SSSR count). The third kappa shape index (κ3) is 3.87. The van der Waals surface area contributed by atoms with E-state index < -0.39 is 0 Å². The minimum Gasteiger partial charge on any atom is -0.341 e. The van der Waals surface area contributed by atoms with Gasteiger partial charge in [-0.2, -0.15) is 0 Å². The Morgan fingerprint density at radius 3 is 2.58 bits per heavy atom. The Labute approximate surface area is 158 Å². The van der Waals surface area contributed by atoms with Crippen LogP contribution in [0.1, 0.15) is 45.1 Å². The average molecular weight is 372 g/mol. The Hall–Kier alpha value is -2.02. The van der Waals surface area contributed by atoms with E-state index in [1.165, 1.54) is 43.9 Å². The summed E-state index contributed by atoms with van der Waals surface area (Å²) < 4.78 is 2.27. The summed E-state index contributed by atoms with van der Waals surface area (Å²) in [6, 6.07) is 10.1. The largest absolute Gasteiger partial charge is 0.341 e. The molecule has 26 heavy (non-hydrogen) atoms. The van der Waals surface area contributed by atoms with Crippen LogP contribution in [0.25, 0.3) is 0 Å². The molecule has 6 nitrogen and oxygen atoms in total. The van der Waals surface area contributed by atoms with Crippen molar-refractivity contribution in [3.8, 4) is 0 Å². The fourth-order valence-corrected chi connectivity index (χ4v) is 4.20. The predicted octanol–water partition coefficient (Wildman–Crippen LogP) is 3.72. The maximum atomic E-state index is 12.5. The highest BCUT2D eigenvalue weighted by Crippen LogP contribution is 2.42. The Morgan fingerprint density at radius 1 is 1.15 bits per heavy atom. The lowest BCUT2D eigenvalue weighted by Crippen LogP contribution is -2.32. The van der Waals surface area contributed by atoms with Crippen molar-refractivity contribution in [1.29, 1.82) is 0 Å². The zero-order valence-corrected chi connectivity index (χ0v) is 15.9. The van der Waals surface area contributed by atoms with E-state index in [9.17, 15) is 4.79 Å². The van der Waals surface area contributed by atoms with E-state index in [1.807, 2.05) is 37.3 Å². The van der Waals surface area contributed by atoms with E-state index in [4.69, 9.17) is 0 Å². The van der Waals surface area contributed by atoms with Crippen LogP contribution in [0.3, 0.4) is 0 Å². The van der Waals surface area contributed by atoms with Crippen LogP contribution in [0.5, 0.6) is 0 Å². The summed E-state index contributed by atoms with van der Waals surface area (Å²) in [4.78, 5) is 14.9. The van der Waals surface area contributed by atoms with E-state index >= 15 is 0 Å². The van der Waals surface area contributed by atoms with Gasteiger partial charge in [0, 0.05) is 24.8 Å². The number of carbonyl (C=O) groups is 1. The van der Waals surface area contributed by atoms with Gasteiger partial charge in [0.25, 0.3) is 0 Å². The molecule has 0 radical (unpaired) electrons. The summed E-state index contributed by atoms with van der Waals surface area (Å²) >= 11 is 1.50. The number of anilines is 2. The minimum atomic E-state index is -0.230. The van der Waals surface area contributed by atoms with Crippen molar-refractivity contribution >= 4 is 29.3 Å². The van der Waals surface area contributed by atoms with Crippen molar-refractivity contribution in [2.45, 2.75) is 55.5 Å². The van der Waals surface area contributed by atoms with Crippen molar-refractivity contribution < 1.29 is 4.79 Å². The molecule has 1 saturated carbocycles. The molecule has 2 heterocycles. The number of carbonyl (C=O) groups excluding carboxylic acids is 1. The SMILES string of the molecule is CC(Sc1nnc(N2CCCCC2)n1C1CC1)C(=O)Nc1ccccc1. The summed E-state index contributed by atoms with van der Waals surface area (Å²) in [6.45, 7) is 4.04. The number of benzene rings is 1. The number of amides is 1. The highest BCUT2D eigenvalue weighted by molar-refractivity contribution is 8.00. The van der Waals surface area contributed by atoms with E-state index in [0.717, 1.165) is 29.9 Å². The van der Waals surface area contributed by atoms with E-state index in [2.05, 4.69) is 25.0 Å². The van der Waals surface area contributed by atoms with Crippen LogP contribution in [-0.4, -0.2) is 39.0 Å². The molecule has 1 unspecified atom stereocenters. The topological polar surface area (TPSA) is 63.1 Å². The number of piperidine rings is 1. The Balaban J connectivity index is 1.47. The summed E-state index contributed by atoms with van der Waals surface area (Å²) in [5, 5.41) is 12.5. The fourth-order valence-electron chi connectivity index (χ4n) is 3.29. The molecule has 138 valence electrons. The molecule has 1 aromatic heterocycles. The number of nitrogens with one attached hydrogen (secondary N) is 1. The lowest BCUT2D eigenvalue weighted by molar-refractivity contribution is -0.115. The highest BCUT2D eigenvalue weighted by atomic mass is 32.2. The summed E-state index contributed by atoms with van der Waals surface area (Å²) in [7, 11) is 0. The van der Waals surface area contributed by atoms with Gasteiger partial charge in [-0.05, 0) is 51.2 Å². The smallest absolute Gasteiger partial charge is 0.237 e. The fraction of sp³-hybridized carbons (Fsp3) is 0.526. The van der Waals surface area contributed by atoms with Gasteiger partial charge in [-0.25, -0.2) is 0 Å². The van der Waals surface area contributed by atoms with Gasteiger partial charge in [-0.3, -0.25) is 9.36 Å². The number of rotatable bonds is 6. The second-order valence-corrected chi connectivity index (χ2v) is 8.35. The van der Waals surface area contributed by atoms with Crippen LogP contribution in [0, 0.1) is 0 Å². The van der Waals surface area contributed by atoms with Crippen molar-refractivity contribution in [2.24, 2.45) is 0 Å². The lowest BCUT2D eigenvalue weighted by atomic mass is 10.1. The summed E-state index contributed by atoms with van der Waals surface area (Å²) in [6.07, 6.45) is 6.09. The van der Waals surface area contributed by atoms with Gasteiger partial charge in [0.1, 0.15) is 0 Å². The van der Waals surface area contributed by atoms with Crippen molar-refractivity contribution in [3.63, 3.8) is 0 Å². The Bertz CT molecular complexity index is 753. The monoisotopic (exact) mass is 371 g/mol. The van der Waals surface area contributed by atoms with Crippen LogP contribution < -0.4 is 10.2 Å². The quantitative estimate of drug-likeness (QED) is 0.784. The number of aromatic nitrogens is 3. The molecule has 1 amide bonds. The number of thioether (sulfide) groups is 1. The van der Waals surface area contributed by atoms with E-state index in [0.29, 0.717) is 6.04 Å². The molecular formula is C19H25N5OS. The van der Waals surface area contributed by atoms with Gasteiger partial charge in [-0.15, -0.1) is 10.2 Å². The first-order chi connectivity index (χ1) is 12.7. The third-order valence-corrected chi connectivity index (χ3v) is 5.95. The average Bonchev–Trinajstić information content (AvgIpc) is 3.43. The number of hydrogen-bond acceptors (Lipinski definition) is 5. The number of nitrogens with zero attached hydrogens (tertiary/aromatic N) is 4. The van der Waals surface area contributed by atoms with E-state index in [-0.39, 0.29) is 11.2 Å². The molecule has 2 aromatic rings. The van der Waals surface area contributed by atoms with Crippen LogP contribution in [0.4, 0.5) is 11.6 Å². The van der Waals surface area contributed by atoms with Crippen LogP contribution in [0.2, 0.25) is 0 Å². The highest BCUT2D eigenvalue weighted by Gasteiger charge is 2.33. The molecule has 1 saturated heterocycles. The summed E-state index contributed by atoms with van der Waals surface area (Å²) in [5.41, 5.74) is 0.822. The Morgan fingerprint density at radius 2 is 1.88 bits per heavy atom. The zero-order valence-electron chi connectivity index (χ0n) is 15.1. The van der Waals surface area contributed by atoms with Crippen molar-refractivity contribution in [3.05, 3.63) is 30.3 Å². The maximum Gasteiger partial charge on any atom is 0.237 e. The second-order valence-electron chi connectivity index (χ2n) is 7.05. The third-order valence-electron chi connectivity index (χ3n) is 4.89. The van der Waals surface area contributed by atoms with Gasteiger partial charge in [0.05, 0.1) is 5.25 Å². The van der Waals surface area contributed by atoms with Crippen LogP contribution in [0.15, 0.2) is 35.5 Å². The molecule has 1 aliphatic heterocycles. The van der Waals surface area contributed by atoms with Gasteiger partial charge >= 0.3 is 0 Å². The van der Waals surface area contributed by atoms with Crippen LogP contribution in [-0.2, 0) is 4.79 Å². The second kappa shape index (κ2) is 7.70. The lowest BCUT2D eigenvalue weighted by Gasteiger charge is -2.28. The standard InChI is InChI=1S/C19H25N5OS/c1-14(17(25)20-15-8-4-2-5-9-15)26-19-22-21-18(24(19)16-10-11-16)23-12-6-3-7-13-23/h2,4-5,8-9,14,16H,3,6-7,10-13H2,1H3,(H,20,25). The van der Waals surface area contributed by atoms with E-state index in [1.54, 1.807) is 0 Å². The molecular weight excluding hydrogens is 346 g/mol. The Kier molecular flexibility index (Phi) is 5.15. The molecule has 1 aromatic carbocycles. The first-order valence-electron chi connectivity index (χ1n) is 9.45. The molecule has 2 aliphatic rings. The molecule has 1 atom stereocenters. The molecule has 1 N–H and O–H groups in total.